The van der Waals surface area contributed by atoms with Crippen molar-refractivity contribution in [2.24, 2.45) is 5.14 Å². The molecule has 118 valence electrons. The highest BCUT2D eigenvalue weighted by atomic mass is 32.2. The maximum absolute atomic E-state index is 11.2. The highest BCUT2D eigenvalue weighted by Crippen LogP contribution is 2.18. The zero-order valence-electron chi connectivity index (χ0n) is 12.4. The van der Waals surface area contributed by atoms with Crippen molar-refractivity contribution in [2.45, 2.75) is 11.8 Å². The first-order valence-electron chi connectivity index (χ1n) is 7.18. The van der Waals surface area contributed by atoms with Gasteiger partial charge in [0.05, 0.1) is 11.5 Å². The molecule has 6 nitrogen and oxygen atoms in total. The largest absolute Gasteiger partial charge is 0.380 e. The maximum Gasteiger partial charge on any atom is 0.238 e. The van der Waals surface area contributed by atoms with E-state index in [0.29, 0.717) is 0 Å². The molecule has 1 aromatic rings. The summed E-state index contributed by atoms with van der Waals surface area (Å²) >= 11 is 0. The Morgan fingerprint density at radius 3 is 2.29 bits per heavy atom. The number of primary sulfonamides is 1. The third kappa shape index (κ3) is 4.67. The van der Waals surface area contributed by atoms with Crippen LogP contribution in [-0.4, -0.2) is 59.3 Å². The molecule has 0 unspecified atom stereocenters. The predicted octanol–water partition coefficient (Wildman–Crippen LogP) is 0.493. The number of ether oxygens (including phenoxy) is 1. The molecule has 1 aliphatic rings. The molecule has 0 aromatic heterocycles. The van der Waals surface area contributed by atoms with E-state index in [1.165, 1.54) is 0 Å². The maximum atomic E-state index is 11.2. The predicted molar refractivity (Wildman–Crippen MR) is 83.0 cm³/mol. The average Bonchev–Trinajstić information content (AvgIpc) is 2.48. The second-order valence-electron chi connectivity index (χ2n) is 5.06. The molecular weight excluding hydrogens is 290 g/mol. The smallest absolute Gasteiger partial charge is 0.238 e. The summed E-state index contributed by atoms with van der Waals surface area (Å²) in [4.78, 5) is 4.79. The van der Waals surface area contributed by atoms with Crippen LogP contribution < -0.4 is 10.0 Å². The van der Waals surface area contributed by atoms with E-state index in [4.69, 9.17) is 9.88 Å². The highest BCUT2D eigenvalue weighted by Gasteiger charge is 2.17. The Hall–Kier alpha value is -1.15. The van der Waals surface area contributed by atoms with E-state index in [-0.39, 0.29) is 4.90 Å². The lowest BCUT2D eigenvalue weighted by Crippen LogP contribution is -2.47. The van der Waals surface area contributed by atoms with Crippen molar-refractivity contribution in [1.82, 2.24) is 4.90 Å². The Kier molecular flexibility index (Phi) is 5.58. The van der Waals surface area contributed by atoms with Gasteiger partial charge in [-0.25, -0.2) is 13.6 Å². The highest BCUT2D eigenvalue weighted by molar-refractivity contribution is 7.89. The van der Waals surface area contributed by atoms with Crippen molar-refractivity contribution in [3.05, 3.63) is 24.3 Å². The molecule has 0 saturated carbocycles. The zero-order valence-corrected chi connectivity index (χ0v) is 13.2. The summed E-state index contributed by atoms with van der Waals surface area (Å²) in [5.41, 5.74) is 1.03. The molecule has 21 heavy (non-hydrogen) atoms. The van der Waals surface area contributed by atoms with E-state index >= 15 is 0 Å². The second kappa shape index (κ2) is 7.22. The van der Waals surface area contributed by atoms with Crippen LogP contribution in [0.1, 0.15) is 6.92 Å². The van der Waals surface area contributed by atoms with Gasteiger partial charge in [-0.05, 0) is 31.2 Å². The van der Waals surface area contributed by atoms with E-state index < -0.39 is 10.0 Å². The Labute approximate surface area is 126 Å². The number of benzene rings is 1. The number of hydrogen-bond acceptors (Lipinski definition) is 5. The van der Waals surface area contributed by atoms with Gasteiger partial charge >= 0.3 is 0 Å². The van der Waals surface area contributed by atoms with Gasteiger partial charge in [0, 0.05) is 45.0 Å². The van der Waals surface area contributed by atoms with Crippen molar-refractivity contribution in [1.29, 1.82) is 0 Å². The van der Waals surface area contributed by atoms with Gasteiger partial charge in [-0.2, -0.15) is 0 Å². The first-order valence-corrected chi connectivity index (χ1v) is 8.73. The molecule has 1 aliphatic heterocycles. The Morgan fingerprint density at radius 1 is 1.14 bits per heavy atom. The van der Waals surface area contributed by atoms with Crippen LogP contribution in [0.4, 0.5) is 5.69 Å². The lowest BCUT2D eigenvalue weighted by atomic mass is 10.2. The fraction of sp³-hybridized carbons (Fsp3) is 0.571. The summed E-state index contributed by atoms with van der Waals surface area (Å²) in [6.07, 6.45) is 0. The molecule has 0 amide bonds. The van der Waals surface area contributed by atoms with Crippen LogP contribution in [0, 0.1) is 0 Å². The molecule has 2 rings (SSSR count). The summed E-state index contributed by atoms with van der Waals surface area (Å²) in [5, 5.41) is 5.10. The van der Waals surface area contributed by atoms with Gasteiger partial charge < -0.3 is 9.64 Å². The average molecular weight is 313 g/mol. The number of sulfonamides is 1. The van der Waals surface area contributed by atoms with Gasteiger partial charge in [0.25, 0.3) is 0 Å². The topological polar surface area (TPSA) is 75.9 Å². The summed E-state index contributed by atoms with van der Waals surface area (Å²) in [5.74, 6) is 0. The molecule has 1 aromatic carbocycles. The van der Waals surface area contributed by atoms with Crippen molar-refractivity contribution in [2.75, 3.05) is 50.8 Å². The Balaban J connectivity index is 1.87. The van der Waals surface area contributed by atoms with Gasteiger partial charge in [-0.3, -0.25) is 4.90 Å². The first-order chi connectivity index (χ1) is 10.0. The second-order valence-corrected chi connectivity index (χ2v) is 6.63. The first kappa shape index (κ1) is 16.2. The van der Waals surface area contributed by atoms with E-state index in [1.807, 2.05) is 19.1 Å². The molecule has 0 radical (unpaired) electrons. The van der Waals surface area contributed by atoms with Gasteiger partial charge in [-0.15, -0.1) is 0 Å². The van der Waals surface area contributed by atoms with Gasteiger partial charge in [-0.1, -0.05) is 0 Å². The standard InChI is InChI=1S/C14H23N3O3S/c1-2-20-12-11-16-7-9-17(10-8-16)13-3-5-14(6-4-13)21(15,18)19/h3-6H,2,7-12H2,1H3,(H2,15,18,19). The monoisotopic (exact) mass is 313 g/mol. The molecule has 1 saturated heterocycles. The minimum absolute atomic E-state index is 0.154. The number of hydrogen-bond donors (Lipinski definition) is 1. The Morgan fingerprint density at radius 2 is 1.76 bits per heavy atom. The van der Waals surface area contributed by atoms with Crippen LogP contribution in [0.25, 0.3) is 0 Å². The van der Waals surface area contributed by atoms with E-state index in [1.54, 1.807) is 12.1 Å². The van der Waals surface area contributed by atoms with Crippen molar-refractivity contribution in [3.8, 4) is 0 Å². The molecule has 0 aliphatic carbocycles. The summed E-state index contributed by atoms with van der Waals surface area (Å²) in [6, 6.07) is 6.75. The van der Waals surface area contributed by atoms with Crippen LogP contribution in [0.5, 0.6) is 0 Å². The van der Waals surface area contributed by atoms with E-state index in [0.717, 1.165) is 51.6 Å². The minimum atomic E-state index is -3.61. The fourth-order valence-corrected chi connectivity index (χ4v) is 2.93. The molecule has 2 N–H and O–H groups in total. The van der Waals surface area contributed by atoms with Crippen molar-refractivity contribution >= 4 is 15.7 Å². The number of piperazine rings is 1. The van der Waals surface area contributed by atoms with Gasteiger partial charge in [0.2, 0.25) is 10.0 Å². The van der Waals surface area contributed by atoms with Crippen LogP contribution >= 0.6 is 0 Å². The summed E-state index contributed by atoms with van der Waals surface area (Å²) < 4.78 is 27.8. The van der Waals surface area contributed by atoms with Crippen molar-refractivity contribution < 1.29 is 13.2 Å². The molecule has 0 spiro atoms. The number of nitrogens with two attached hydrogens (primary N) is 1. The van der Waals surface area contributed by atoms with E-state index in [9.17, 15) is 8.42 Å². The molecule has 0 bridgehead atoms. The lowest BCUT2D eigenvalue weighted by molar-refractivity contribution is 0.111. The van der Waals surface area contributed by atoms with Crippen LogP contribution in [0.2, 0.25) is 0 Å². The third-order valence-corrected chi connectivity index (χ3v) is 4.59. The Bertz CT molecular complexity index is 537. The SMILES string of the molecule is CCOCCN1CCN(c2ccc(S(N)(=O)=O)cc2)CC1. The summed E-state index contributed by atoms with van der Waals surface area (Å²) in [7, 11) is -3.61. The number of rotatable bonds is 6. The van der Waals surface area contributed by atoms with Crippen molar-refractivity contribution in [3.63, 3.8) is 0 Å². The molecule has 1 fully saturated rings. The normalized spacial score (nSPS) is 17.1. The van der Waals surface area contributed by atoms with E-state index in [2.05, 4.69) is 9.80 Å². The number of nitrogens with zero attached hydrogens (tertiary/aromatic N) is 2. The lowest BCUT2D eigenvalue weighted by Gasteiger charge is -2.36. The summed E-state index contributed by atoms with van der Waals surface area (Å²) in [6.45, 7) is 8.35. The minimum Gasteiger partial charge on any atom is -0.380 e. The zero-order chi connectivity index (χ0) is 15.3. The van der Waals surface area contributed by atoms with Crippen LogP contribution in [0.3, 0.4) is 0 Å². The van der Waals surface area contributed by atoms with Crippen LogP contribution in [0.15, 0.2) is 29.2 Å². The molecular formula is C14H23N3O3S. The molecule has 7 heteroatoms. The molecule has 1 heterocycles. The molecule has 0 atom stereocenters. The van der Waals surface area contributed by atoms with Gasteiger partial charge in [0.1, 0.15) is 0 Å². The van der Waals surface area contributed by atoms with Gasteiger partial charge in [0.15, 0.2) is 0 Å². The number of anilines is 1. The quantitative estimate of drug-likeness (QED) is 0.774. The third-order valence-electron chi connectivity index (χ3n) is 3.66. The fourth-order valence-electron chi connectivity index (χ4n) is 2.41. The van der Waals surface area contributed by atoms with Crippen LogP contribution in [-0.2, 0) is 14.8 Å².